The first kappa shape index (κ1) is 76.5. The predicted octanol–water partition coefficient (Wildman–Crippen LogP) is 10.5. The summed E-state index contributed by atoms with van der Waals surface area (Å²) in [6, 6.07) is 22.3. The molecule has 2 aliphatic carbocycles. The number of carboxylic acids is 1. The molecule has 0 spiro atoms. The number of thiazole rings is 2. The van der Waals surface area contributed by atoms with E-state index in [0.29, 0.717) is 110 Å². The van der Waals surface area contributed by atoms with E-state index in [2.05, 4.69) is 63.0 Å². The molecule has 6 N–H and O–H groups in total. The summed E-state index contributed by atoms with van der Waals surface area (Å²) in [4.78, 5) is 118. The molecule has 2 aliphatic heterocycles. The predicted molar refractivity (Wildman–Crippen MR) is 403 cm³/mol. The number of nitrogens with one attached hydrogen (secondary N) is 1. The molecule has 4 aromatic carbocycles. The molecule has 540 valence electrons. The molecule has 4 fully saturated rings. The minimum absolute atomic E-state index is 0. The van der Waals surface area contributed by atoms with Gasteiger partial charge in [-0.25, -0.2) is 47.1 Å². The van der Waals surface area contributed by atoms with Gasteiger partial charge in [0.2, 0.25) is 5.91 Å². The topological polar surface area (TPSA) is 346 Å². The minimum Gasteiger partial charge on any atom is -0.480 e. The molecular formula is C70H61Cl3F2N16O9S5. The molecule has 0 unspecified atom stereocenters. The molecule has 2 saturated heterocycles. The van der Waals surface area contributed by atoms with E-state index in [0.717, 1.165) is 35.3 Å². The molecule has 3 amide bonds. The van der Waals surface area contributed by atoms with Crippen LogP contribution in [0.5, 0.6) is 0 Å². The molecule has 35 heteroatoms. The SMILES string of the molecule is CC(=O)c1ccc(Cl)c(-c2cccc(CC(=O)[C@@H]3C[C@H]4C[C@H]4N3)c2F)c1.CC(=O)c1ccc(Cl)c(-c2cccc(CC(=O)[C@@H]3C[C@H]4C[C@H]4N3C(=O)Cn3nc(C(N)=O)c4sc(-c5cnc6cc(C)nn6c5)nc43)c2F)c1.Cc1cc2ncc(-c3nc4c(s3)c(C(N)=O)nn4CC(=O)O)cn2n1.Cl.S.S=S. The number of primary amides is 2. The molecule has 16 rings (SSSR count). The van der Waals surface area contributed by atoms with E-state index in [4.69, 9.17) is 44.8 Å². The lowest BCUT2D eigenvalue weighted by atomic mass is 9.95. The third kappa shape index (κ3) is 15.7. The number of piperidine rings is 2. The number of nitrogens with zero attached hydrogens (tertiary/aromatic N) is 13. The highest BCUT2D eigenvalue weighted by Gasteiger charge is 2.56. The highest BCUT2D eigenvalue weighted by molar-refractivity contribution is 8.07. The van der Waals surface area contributed by atoms with Gasteiger partial charge in [-0.05, 0) is 113 Å². The number of ketones is 4. The molecule has 6 atom stereocenters. The molecular weight excluding hydrogens is 1510 g/mol. The highest BCUT2D eigenvalue weighted by Crippen LogP contribution is 2.49. The van der Waals surface area contributed by atoms with E-state index in [-0.39, 0.29) is 120 Å². The van der Waals surface area contributed by atoms with E-state index in [1.165, 1.54) is 53.3 Å². The smallest absolute Gasteiger partial charge is 0.325 e. The highest BCUT2D eigenvalue weighted by atomic mass is 35.5. The number of aliphatic carboxylic acids is 1. The van der Waals surface area contributed by atoms with Crippen molar-refractivity contribution in [1.29, 1.82) is 0 Å². The summed E-state index contributed by atoms with van der Waals surface area (Å²) in [5.41, 5.74) is 18.7. The van der Waals surface area contributed by atoms with Crippen molar-refractivity contribution in [1.82, 2.24) is 68.9 Å². The van der Waals surface area contributed by atoms with Crippen LogP contribution in [0.4, 0.5) is 8.78 Å². The van der Waals surface area contributed by atoms with Crippen molar-refractivity contribution in [2.75, 3.05) is 0 Å². The van der Waals surface area contributed by atoms with E-state index in [9.17, 15) is 38.4 Å². The van der Waals surface area contributed by atoms with Crippen LogP contribution in [-0.4, -0.2) is 140 Å². The number of Topliss-reactive ketones (excluding diaryl/α,β-unsaturated/α-hetero) is 4. The molecule has 8 aromatic heterocycles. The maximum absolute atomic E-state index is 15.9. The Morgan fingerprint density at radius 3 is 1.54 bits per heavy atom. The van der Waals surface area contributed by atoms with Crippen LogP contribution < -0.4 is 16.8 Å². The Hall–Kier alpha value is -9.64. The summed E-state index contributed by atoms with van der Waals surface area (Å²) in [7, 11) is 0. The Morgan fingerprint density at radius 1 is 0.619 bits per heavy atom. The molecule has 10 heterocycles. The van der Waals surface area contributed by atoms with Crippen LogP contribution >= 0.6 is 71.8 Å². The zero-order chi connectivity index (χ0) is 73.1. The molecule has 4 aliphatic rings. The molecule has 0 radical (unpaired) electrons. The fourth-order valence-corrected chi connectivity index (χ4v) is 15.6. The van der Waals surface area contributed by atoms with Gasteiger partial charge < -0.3 is 26.8 Å². The van der Waals surface area contributed by atoms with Crippen molar-refractivity contribution >= 4 is 173 Å². The van der Waals surface area contributed by atoms with Crippen molar-refractivity contribution in [3.63, 3.8) is 0 Å². The van der Waals surface area contributed by atoms with Crippen LogP contribution in [0.2, 0.25) is 10.0 Å². The number of nitrogens with two attached hydrogens (primary N) is 2. The second-order valence-corrected chi connectivity index (χ2v) is 28.2. The van der Waals surface area contributed by atoms with Crippen LogP contribution in [0.15, 0.2) is 110 Å². The Morgan fingerprint density at radius 2 is 1.10 bits per heavy atom. The average molecular weight is 1580 g/mol. The molecule has 0 bridgehead atoms. The Kier molecular flexibility index (Phi) is 22.7. The quantitative estimate of drug-likeness (QED) is 0.0580. The van der Waals surface area contributed by atoms with Crippen molar-refractivity contribution in [2.45, 2.75) is 103 Å². The zero-order valence-electron chi connectivity index (χ0n) is 55.7. The second kappa shape index (κ2) is 31.2. The maximum Gasteiger partial charge on any atom is 0.325 e. The summed E-state index contributed by atoms with van der Waals surface area (Å²) in [5, 5.41) is 31.1. The number of carboxylic acid groups (broad SMARTS) is 1. The third-order valence-corrected chi connectivity index (χ3v) is 21.1. The van der Waals surface area contributed by atoms with Gasteiger partial charge in [0.15, 0.2) is 57.1 Å². The number of halogens is 5. The Balaban J connectivity index is 0.000000169. The van der Waals surface area contributed by atoms with Crippen LogP contribution in [-0.2, 0) is 67.5 Å². The van der Waals surface area contributed by atoms with Crippen molar-refractivity contribution in [3.05, 3.63) is 176 Å². The van der Waals surface area contributed by atoms with Crippen molar-refractivity contribution in [3.8, 4) is 43.4 Å². The lowest BCUT2D eigenvalue weighted by Crippen LogP contribution is -2.45. The number of hydrogen-bond donors (Lipinski definition) is 4. The minimum atomic E-state index is -1.09. The summed E-state index contributed by atoms with van der Waals surface area (Å²) in [6.45, 7) is 5.92. The van der Waals surface area contributed by atoms with Crippen LogP contribution in [0, 0.1) is 37.3 Å². The van der Waals surface area contributed by atoms with E-state index in [1.807, 2.05) is 26.0 Å². The first-order chi connectivity index (χ1) is 49.3. The third-order valence-electron chi connectivity index (χ3n) is 18.2. The number of aromatic nitrogens is 12. The Labute approximate surface area is 636 Å². The summed E-state index contributed by atoms with van der Waals surface area (Å²) in [6.07, 6.45) is 9.94. The monoisotopic (exact) mass is 1570 g/mol. The van der Waals surface area contributed by atoms with Gasteiger partial charge in [-0.3, -0.25) is 38.4 Å². The number of aryl methyl sites for hydroxylation is 2. The van der Waals surface area contributed by atoms with Gasteiger partial charge in [0.05, 0.1) is 23.5 Å². The summed E-state index contributed by atoms with van der Waals surface area (Å²) < 4.78 is 37.7. The van der Waals surface area contributed by atoms with E-state index >= 15 is 8.78 Å². The van der Waals surface area contributed by atoms with E-state index in [1.54, 1.807) is 99.4 Å². The largest absolute Gasteiger partial charge is 0.480 e. The maximum atomic E-state index is 15.9. The number of amides is 3. The van der Waals surface area contributed by atoms with E-state index < -0.39 is 42.0 Å². The van der Waals surface area contributed by atoms with Crippen LogP contribution in [0.1, 0.15) is 104 Å². The van der Waals surface area contributed by atoms with Crippen LogP contribution in [0.3, 0.4) is 0 Å². The molecule has 105 heavy (non-hydrogen) atoms. The number of fused-ring (bicyclic) bond motifs is 6. The fourth-order valence-electron chi connectivity index (χ4n) is 13.1. The van der Waals surface area contributed by atoms with Crippen molar-refractivity contribution < 1.29 is 52.2 Å². The number of carbonyl (C=O) groups is 8. The second-order valence-electron chi connectivity index (χ2n) is 25.4. The van der Waals surface area contributed by atoms with Gasteiger partial charge in [0, 0.05) is 139 Å². The van der Waals surface area contributed by atoms with Gasteiger partial charge >= 0.3 is 5.97 Å². The van der Waals surface area contributed by atoms with Gasteiger partial charge in [0.25, 0.3) is 11.8 Å². The van der Waals surface area contributed by atoms with Gasteiger partial charge in [-0.1, -0.05) is 59.6 Å². The number of benzene rings is 4. The lowest BCUT2D eigenvalue weighted by molar-refractivity contribution is -0.139. The average Bonchev–Trinajstić information content (AvgIpc) is 1.58. The first-order valence-electron chi connectivity index (χ1n) is 32.0. The zero-order valence-corrected chi connectivity index (χ0v) is 62.3. The van der Waals surface area contributed by atoms with Crippen molar-refractivity contribution in [2.24, 2.45) is 23.3 Å². The number of likely N-dealkylation sites (tertiary alicyclic amines) is 1. The molecule has 25 nitrogen and oxygen atoms in total. The van der Waals surface area contributed by atoms with Gasteiger partial charge in [-0.2, -0.15) is 33.9 Å². The van der Waals surface area contributed by atoms with Crippen LogP contribution in [0.25, 0.3) is 75.4 Å². The summed E-state index contributed by atoms with van der Waals surface area (Å²) in [5.74, 6) is -3.78. The standard InChI is InChI=1S/C35H28ClFN8O4S.C21H19ClFNO2.C14H11N7O3S.ClH.S2.H2S/c1-16-8-28-39-13-21(14-43(28)41-16)35-40-34-32(50-35)31(33(38)49)42-44(34)15-29(48)45-25-10-20(25)11-26(45)27(47)12-19-4-3-5-22(30(19)37)23-9-18(17(2)46)6-7-24(23)36;1-11(25)12-5-6-17(22)16(7-12)15-4-2-3-13(21(15)23)10-20(26)19-9-14-8-18(14)24-19;1-6-2-8-16-3-7(4-20(8)18-6)14-17-13-11(25-14)10(12(15)24)19-21(13)5-9(22)23;;1-2;/h3-9,13-14,20,25-26H,10-12,15H2,1-2H3,(H2,38,49);2-7,14,18-19,24H,8-10H2,1H3;2-4H,5H2,1H3,(H2,15,24)(H,22,23);1H;;1H2/t20-,25-,26+;14-,18-,19+;;;;/m11..../s1. The van der Waals surface area contributed by atoms with Gasteiger partial charge in [-0.15, -0.1) is 35.1 Å². The Bertz CT molecular complexity index is 5540. The number of hydrogen-bond acceptors (Lipinski definition) is 21. The normalized spacial score (nSPS) is 17.2. The first-order valence-corrected chi connectivity index (χ1v) is 35.7. The number of rotatable bonds is 18. The lowest BCUT2D eigenvalue weighted by Gasteiger charge is -2.27. The van der Waals surface area contributed by atoms with Gasteiger partial charge in [0.1, 0.15) is 44.1 Å². The summed E-state index contributed by atoms with van der Waals surface area (Å²) >= 11 is 22.4. The molecule has 12 aromatic rings. The number of carbonyl (C=O) groups excluding carboxylic acids is 7. The fraction of sp³-hybridized carbons (Fsp3) is 0.257. The molecule has 2 saturated carbocycles.